The molecule has 2 rings (SSSR count). The van der Waals surface area contributed by atoms with Crippen LogP contribution >= 0.6 is 11.3 Å². The first kappa shape index (κ1) is 13.3. The number of carboxylic acid groups (broad SMARTS) is 1. The monoisotopic (exact) mass is 278 g/mol. The molecule has 0 unspecified atom stereocenters. The fraction of sp³-hybridized carbons (Fsp3) is 0.250. The van der Waals surface area contributed by atoms with Gasteiger partial charge in [-0.25, -0.2) is 14.8 Å². The van der Waals surface area contributed by atoms with Crippen LogP contribution in [-0.2, 0) is 6.42 Å². The van der Waals surface area contributed by atoms with Crippen molar-refractivity contribution >= 4 is 28.8 Å². The van der Waals surface area contributed by atoms with Crippen molar-refractivity contribution in [2.24, 2.45) is 0 Å². The van der Waals surface area contributed by atoms with Gasteiger partial charge in [0.15, 0.2) is 0 Å². The molecule has 0 amide bonds. The average Bonchev–Trinajstić information content (AvgIpc) is 2.77. The van der Waals surface area contributed by atoms with Gasteiger partial charge in [-0.1, -0.05) is 0 Å². The molecule has 0 atom stereocenters. The Morgan fingerprint density at radius 1 is 1.58 bits per heavy atom. The Balaban J connectivity index is 2.01. The first-order valence-corrected chi connectivity index (χ1v) is 6.58. The van der Waals surface area contributed by atoms with Gasteiger partial charge < -0.3 is 16.2 Å². The van der Waals surface area contributed by atoms with Crippen molar-refractivity contribution in [3.05, 3.63) is 33.9 Å². The maximum Gasteiger partial charge on any atom is 0.339 e. The zero-order chi connectivity index (χ0) is 13.8. The minimum absolute atomic E-state index is 0.0782. The molecule has 6 nitrogen and oxygen atoms in total. The predicted molar refractivity (Wildman–Crippen MR) is 74.7 cm³/mol. The number of hydrogen-bond donors (Lipinski definition) is 3. The third kappa shape index (κ3) is 3.41. The van der Waals surface area contributed by atoms with E-state index >= 15 is 0 Å². The number of pyridine rings is 1. The molecule has 0 aliphatic carbocycles. The number of carbonyl (C=O) groups is 1. The Morgan fingerprint density at radius 2 is 2.37 bits per heavy atom. The van der Waals surface area contributed by atoms with E-state index in [1.807, 2.05) is 12.3 Å². The molecule has 2 aromatic heterocycles. The normalized spacial score (nSPS) is 10.4. The van der Waals surface area contributed by atoms with Crippen LogP contribution in [0.1, 0.15) is 21.1 Å². The lowest BCUT2D eigenvalue weighted by molar-refractivity contribution is 0.0697. The number of nitrogen functional groups attached to an aromatic ring is 1. The summed E-state index contributed by atoms with van der Waals surface area (Å²) in [6.45, 7) is 2.52. The van der Waals surface area contributed by atoms with E-state index in [0.29, 0.717) is 18.1 Å². The lowest BCUT2D eigenvalue weighted by Crippen LogP contribution is -2.12. The molecule has 100 valence electrons. The van der Waals surface area contributed by atoms with Gasteiger partial charge >= 0.3 is 5.97 Å². The van der Waals surface area contributed by atoms with Crippen LogP contribution in [-0.4, -0.2) is 27.6 Å². The number of nitrogens with zero attached hydrogens (tertiary/aromatic N) is 2. The van der Waals surface area contributed by atoms with Crippen LogP contribution < -0.4 is 11.1 Å². The van der Waals surface area contributed by atoms with Gasteiger partial charge in [0.25, 0.3) is 0 Å². The second-order valence-corrected chi connectivity index (χ2v) is 5.07. The van der Waals surface area contributed by atoms with E-state index in [0.717, 1.165) is 17.1 Å². The van der Waals surface area contributed by atoms with Crippen molar-refractivity contribution in [1.29, 1.82) is 0 Å². The van der Waals surface area contributed by atoms with Crippen molar-refractivity contribution in [3.8, 4) is 0 Å². The Bertz CT molecular complexity index is 597. The second kappa shape index (κ2) is 5.66. The van der Waals surface area contributed by atoms with Gasteiger partial charge in [-0.05, 0) is 13.0 Å². The minimum atomic E-state index is -1.05. The van der Waals surface area contributed by atoms with Gasteiger partial charge in [0.2, 0.25) is 0 Å². The topological polar surface area (TPSA) is 101 Å². The smallest absolute Gasteiger partial charge is 0.339 e. The predicted octanol–water partition coefficient (Wildman–Crippen LogP) is 1.78. The van der Waals surface area contributed by atoms with Crippen LogP contribution in [0.2, 0.25) is 0 Å². The summed E-state index contributed by atoms with van der Waals surface area (Å²) < 4.78 is 0. The fourth-order valence-corrected chi connectivity index (χ4v) is 2.26. The highest BCUT2D eigenvalue weighted by atomic mass is 32.1. The molecule has 0 fully saturated rings. The summed E-state index contributed by atoms with van der Waals surface area (Å²) in [7, 11) is 0. The van der Waals surface area contributed by atoms with Crippen LogP contribution in [0.4, 0.5) is 11.5 Å². The van der Waals surface area contributed by atoms with Crippen molar-refractivity contribution in [2.75, 3.05) is 17.6 Å². The third-order valence-corrected chi connectivity index (χ3v) is 3.30. The first-order valence-electron chi connectivity index (χ1n) is 5.70. The van der Waals surface area contributed by atoms with Gasteiger partial charge in [-0.15, -0.1) is 11.3 Å². The molecule has 0 spiro atoms. The molecule has 19 heavy (non-hydrogen) atoms. The SMILES string of the molecule is Cc1nc(CCNc2ncc(N)cc2C(=O)O)cs1. The fourth-order valence-electron chi connectivity index (χ4n) is 1.62. The molecule has 4 N–H and O–H groups in total. The van der Waals surface area contributed by atoms with Gasteiger partial charge in [0.05, 0.1) is 22.6 Å². The molecule has 7 heteroatoms. The molecular weight excluding hydrogens is 264 g/mol. The largest absolute Gasteiger partial charge is 0.478 e. The van der Waals surface area contributed by atoms with Crippen molar-refractivity contribution in [2.45, 2.75) is 13.3 Å². The number of aromatic nitrogens is 2. The van der Waals surface area contributed by atoms with Crippen LogP contribution in [0.25, 0.3) is 0 Å². The highest BCUT2D eigenvalue weighted by Crippen LogP contribution is 2.16. The lowest BCUT2D eigenvalue weighted by Gasteiger charge is -2.08. The van der Waals surface area contributed by atoms with E-state index < -0.39 is 5.97 Å². The molecule has 0 aliphatic rings. The number of hydrogen-bond acceptors (Lipinski definition) is 6. The van der Waals surface area contributed by atoms with E-state index in [1.54, 1.807) is 11.3 Å². The number of nitrogens with one attached hydrogen (secondary N) is 1. The standard InChI is InChI=1S/C12H14N4O2S/c1-7-16-9(6-19-7)2-3-14-11-10(12(17)18)4-8(13)5-15-11/h4-6H,2-3,13H2,1H3,(H,14,15)(H,17,18). The van der Waals surface area contributed by atoms with E-state index in [2.05, 4.69) is 15.3 Å². The summed E-state index contributed by atoms with van der Waals surface area (Å²) in [4.78, 5) is 19.4. The Morgan fingerprint density at radius 3 is 3.00 bits per heavy atom. The molecule has 0 saturated heterocycles. The number of anilines is 2. The Labute approximate surface area is 114 Å². The van der Waals surface area contributed by atoms with Crippen LogP contribution in [0, 0.1) is 6.92 Å². The molecule has 2 heterocycles. The second-order valence-electron chi connectivity index (χ2n) is 4.00. The van der Waals surface area contributed by atoms with Gasteiger partial charge in [0, 0.05) is 18.3 Å². The summed E-state index contributed by atoms with van der Waals surface area (Å²) in [5.41, 5.74) is 6.92. The van der Waals surface area contributed by atoms with Gasteiger partial charge in [-0.2, -0.15) is 0 Å². The number of thiazole rings is 1. The summed E-state index contributed by atoms with van der Waals surface area (Å²) in [6, 6.07) is 1.39. The third-order valence-electron chi connectivity index (χ3n) is 2.48. The van der Waals surface area contributed by atoms with Crippen LogP contribution in [0.15, 0.2) is 17.6 Å². The van der Waals surface area contributed by atoms with Crippen LogP contribution in [0.5, 0.6) is 0 Å². The van der Waals surface area contributed by atoms with E-state index in [-0.39, 0.29) is 5.56 Å². The molecular formula is C12H14N4O2S. The number of aromatic carboxylic acids is 1. The van der Waals surface area contributed by atoms with E-state index in [9.17, 15) is 4.79 Å². The van der Waals surface area contributed by atoms with Crippen molar-refractivity contribution < 1.29 is 9.90 Å². The van der Waals surface area contributed by atoms with Gasteiger partial charge in [-0.3, -0.25) is 0 Å². The highest BCUT2D eigenvalue weighted by Gasteiger charge is 2.11. The summed E-state index contributed by atoms with van der Waals surface area (Å²) in [5, 5.41) is 15.1. The molecule has 0 radical (unpaired) electrons. The number of carboxylic acids is 1. The maximum absolute atomic E-state index is 11.1. The van der Waals surface area contributed by atoms with Crippen LogP contribution in [0.3, 0.4) is 0 Å². The maximum atomic E-state index is 11.1. The summed E-state index contributed by atoms with van der Waals surface area (Å²) >= 11 is 1.60. The number of aryl methyl sites for hydroxylation is 1. The van der Waals surface area contributed by atoms with Crippen molar-refractivity contribution in [1.82, 2.24) is 9.97 Å². The highest BCUT2D eigenvalue weighted by molar-refractivity contribution is 7.09. The zero-order valence-corrected chi connectivity index (χ0v) is 11.2. The molecule has 0 aliphatic heterocycles. The number of nitrogens with two attached hydrogens (primary N) is 1. The summed E-state index contributed by atoms with van der Waals surface area (Å²) in [5.74, 6) is -0.722. The Kier molecular flexibility index (Phi) is 3.96. The quantitative estimate of drug-likeness (QED) is 0.770. The van der Waals surface area contributed by atoms with E-state index in [1.165, 1.54) is 12.3 Å². The number of rotatable bonds is 5. The minimum Gasteiger partial charge on any atom is -0.478 e. The average molecular weight is 278 g/mol. The first-order chi connectivity index (χ1) is 9.06. The Hall–Kier alpha value is -2.15. The molecule has 0 saturated carbocycles. The van der Waals surface area contributed by atoms with Crippen molar-refractivity contribution in [3.63, 3.8) is 0 Å². The molecule has 0 aromatic carbocycles. The molecule has 2 aromatic rings. The van der Waals surface area contributed by atoms with Gasteiger partial charge in [0.1, 0.15) is 11.4 Å². The lowest BCUT2D eigenvalue weighted by atomic mass is 10.2. The zero-order valence-electron chi connectivity index (χ0n) is 10.4. The van der Waals surface area contributed by atoms with E-state index in [4.69, 9.17) is 10.8 Å². The molecule has 0 bridgehead atoms. The summed E-state index contributed by atoms with van der Waals surface area (Å²) in [6.07, 6.45) is 2.15.